The molecule has 0 atom stereocenters. The zero-order valence-corrected chi connectivity index (χ0v) is 10.1. The number of aromatic nitrogens is 4. The fourth-order valence-corrected chi connectivity index (χ4v) is 1.82. The van der Waals surface area contributed by atoms with E-state index >= 15 is 0 Å². The lowest BCUT2D eigenvalue weighted by atomic mass is 10.5. The van der Waals surface area contributed by atoms with E-state index in [1.54, 1.807) is 7.05 Å². The maximum absolute atomic E-state index is 11.9. The number of nitrogens with one attached hydrogen (secondary N) is 2. The fourth-order valence-electron chi connectivity index (χ4n) is 1.82. The Bertz CT molecular complexity index is 664. The molecule has 17 heavy (non-hydrogen) atoms. The first-order valence-corrected chi connectivity index (χ1v) is 5.43. The third-order valence-electron chi connectivity index (χ3n) is 2.69. The van der Waals surface area contributed by atoms with E-state index in [0.29, 0.717) is 30.1 Å². The van der Waals surface area contributed by atoms with Crippen LogP contribution in [-0.2, 0) is 20.1 Å². The predicted octanol–water partition coefficient (Wildman–Crippen LogP) is -0.837. The van der Waals surface area contributed by atoms with Gasteiger partial charge < -0.3 is 10.3 Å². The Morgan fingerprint density at radius 2 is 2.12 bits per heavy atom. The molecule has 0 aliphatic rings. The summed E-state index contributed by atoms with van der Waals surface area (Å²) in [6, 6.07) is 0. The van der Waals surface area contributed by atoms with E-state index in [9.17, 15) is 9.59 Å². The van der Waals surface area contributed by atoms with Gasteiger partial charge in [-0.2, -0.15) is 0 Å². The Morgan fingerprint density at radius 3 is 2.71 bits per heavy atom. The highest BCUT2D eigenvalue weighted by atomic mass is 16.2. The zero-order valence-electron chi connectivity index (χ0n) is 10.1. The van der Waals surface area contributed by atoms with Gasteiger partial charge in [-0.1, -0.05) is 0 Å². The monoisotopic (exact) mass is 237 g/mol. The van der Waals surface area contributed by atoms with Gasteiger partial charge in [0.25, 0.3) is 5.56 Å². The van der Waals surface area contributed by atoms with Crippen LogP contribution in [0.5, 0.6) is 0 Å². The van der Waals surface area contributed by atoms with Crippen LogP contribution in [-0.4, -0.2) is 26.1 Å². The smallest absolute Gasteiger partial charge is 0.332 e. The minimum atomic E-state index is -0.343. The van der Waals surface area contributed by atoms with Crippen molar-refractivity contribution in [1.29, 1.82) is 0 Å². The lowest BCUT2D eigenvalue weighted by molar-refractivity contribution is 0.651. The standard InChI is InChI=1S/C10H15N5O2/c1-4-15-8-7(9(16)14(3)10(15)17)12-6(13-8)5-11-2/h11H,4-5H2,1-3H3,(H,12,13). The van der Waals surface area contributed by atoms with Gasteiger partial charge >= 0.3 is 5.69 Å². The maximum Gasteiger partial charge on any atom is 0.332 e. The van der Waals surface area contributed by atoms with Crippen LogP contribution < -0.4 is 16.6 Å². The minimum absolute atomic E-state index is 0.340. The second kappa shape index (κ2) is 4.17. The first-order valence-electron chi connectivity index (χ1n) is 5.43. The Labute approximate surface area is 97.1 Å². The molecule has 2 heterocycles. The van der Waals surface area contributed by atoms with Gasteiger partial charge in [0.2, 0.25) is 0 Å². The molecular formula is C10H15N5O2. The summed E-state index contributed by atoms with van der Waals surface area (Å²) in [6.07, 6.45) is 0. The van der Waals surface area contributed by atoms with Crippen LogP contribution in [0.4, 0.5) is 0 Å². The van der Waals surface area contributed by atoms with Crippen molar-refractivity contribution in [3.05, 3.63) is 26.7 Å². The molecule has 0 saturated heterocycles. The maximum atomic E-state index is 11.9. The van der Waals surface area contributed by atoms with Gasteiger partial charge in [-0.25, -0.2) is 9.78 Å². The average Bonchev–Trinajstić information content (AvgIpc) is 2.71. The van der Waals surface area contributed by atoms with E-state index < -0.39 is 0 Å². The Morgan fingerprint density at radius 1 is 1.41 bits per heavy atom. The van der Waals surface area contributed by atoms with E-state index in [-0.39, 0.29) is 11.2 Å². The highest BCUT2D eigenvalue weighted by Gasteiger charge is 2.13. The van der Waals surface area contributed by atoms with E-state index in [1.165, 1.54) is 11.6 Å². The summed E-state index contributed by atoms with van der Waals surface area (Å²) in [6.45, 7) is 2.85. The van der Waals surface area contributed by atoms with Crippen LogP contribution >= 0.6 is 0 Å². The fraction of sp³-hybridized carbons (Fsp3) is 0.500. The lowest BCUT2D eigenvalue weighted by Gasteiger charge is -2.04. The van der Waals surface area contributed by atoms with Crippen molar-refractivity contribution in [2.45, 2.75) is 20.0 Å². The summed E-state index contributed by atoms with van der Waals surface area (Å²) in [5.41, 5.74) is 0.113. The average molecular weight is 237 g/mol. The van der Waals surface area contributed by atoms with Gasteiger partial charge in [0.15, 0.2) is 5.65 Å². The molecule has 2 N–H and O–H groups in total. The van der Waals surface area contributed by atoms with Crippen molar-refractivity contribution in [1.82, 2.24) is 24.4 Å². The van der Waals surface area contributed by atoms with Gasteiger partial charge in [-0.15, -0.1) is 0 Å². The lowest BCUT2D eigenvalue weighted by Crippen LogP contribution is -2.37. The third-order valence-corrected chi connectivity index (χ3v) is 2.69. The summed E-state index contributed by atoms with van der Waals surface area (Å²) in [5.74, 6) is 0.646. The molecule has 0 aliphatic carbocycles. The first kappa shape index (κ1) is 11.6. The molecule has 0 fully saturated rings. The van der Waals surface area contributed by atoms with E-state index in [2.05, 4.69) is 15.3 Å². The molecule has 2 aromatic rings. The molecule has 7 nitrogen and oxygen atoms in total. The normalized spacial score (nSPS) is 11.2. The summed E-state index contributed by atoms with van der Waals surface area (Å²) in [7, 11) is 3.26. The first-order chi connectivity index (χ1) is 8.10. The summed E-state index contributed by atoms with van der Waals surface area (Å²) in [4.78, 5) is 31.0. The van der Waals surface area contributed by atoms with Crippen molar-refractivity contribution in [3.63, 3.8) is 0 Å². The summed E-state index contributed by atoms with van der Waals surface area (Å²) < 4.78 is 2.57. The topological polar surface area (TPSA) is 84.7 Å². The molecule has 2 aromatic heterocycles. The highest BCUT2D eigenvalue weighted by molar-refractivity contribution is 5.69. The Hall–Kier alpha value is -1.89. The second-order valence-electron chi connectivity index (χ2n) is 3.80. The summed E-state index contributed by atoms with van der Waals surface area (Å²) >= 11 is 0. The van der Waals surface area contributed by atoms with Crippen LogP contribution in [0.1, 0.15) is 12.7 Å². The molecule has 92 valence electrons. The Balaban J connectivity index is 2.87. The van der Waals surface area contributed by atoms with E-state index in [0.717, 1.165) is 4.57 Å². The quantitative estimate of drug-likeness (QED) is 0.729. The van der Waals surface area contributed by atoms with Crippen molar-refractivity contribution in [3.8, 4) is 0 Å². The molecule has 0 amide bonds. The third kappa shape index (κ3) is 1.68. The van der Waals surface area contributed by atoms with E-state index in [1.807, 2.05) is 6.92 Å². The number of nitrogens with zero attached hydrogens (tertiary/aromatic N) is 3. The number of H-pyrrole nitrogens is 1. The number of rotatable bonds is 3. The van der Waals surface area contributed by atoms with Crippen LogP contribution in [0.15, 0.2) is 9.59 Å². The van der Waals surface area contributed by atoms with Crippen molar-refractivity contribution < 1.29 is 0 Å². The van der Waals surface area contributed by atoms with Crippen LogP contribution in [0.2, 0.25) is 0 Å². The van der Waals surface area contributed by atoms with Crippen LogP contribution in [0.3, 0.4) is 0 Å². The second-order valence-corrected chi connectivity index (χ2v) is 3.80. The molecule has 0 spiro atoms. The molecule has 0 bridgehead atoms. The SMILES string of the molecule is CCn1c(=O)n(C)c(=O)c2[nH]c(CNC)nc21. The zero-order chi connectivity index (χ0) is 12.6. The number of hydrogen-bond acceptors (Lipinski definition) is 4. The molecule has 7 heteroatoms. The molecular weight excluding hydrogens is 222 g/mol. The number of imidazole rings is 1. The minimum Gasteiger partial charge on any atom is -0.335 e. The highest BCUT2D eigenvalue weighted by Crippen LogP contribution is 2.04. The van der Waals surface area contributed by atoms with Crippen molar-refractivity contribution in [2.75, 3.05) is 7.05 Å². The molecule has 0 aliphatic heterocycles. The predicted molar refractivity (Wildman–Crippen MR) is 64.0 cm³/mol. The van der Waals surface area contributed by atoms with Crippen molar-refractivity contribution >= 4 is 11.2 Å². The molecule has 2 rings (SSSR count). The van der Waals surface area contributed by atoms with Gasteiger partial charge in [0.05, 0.1) is 6.54 Å². The largest absolute Gasteiger partial charge is 0.335 e. The van der Waals surface area contributed by atoms with Crippen molar-refractivity contribution in [2.24, 2.45) is 7.05 Å². The number of aromatic amines is 1. The van der Waals surface area contributed by atoms with E-state index in [4.69, 9.17) is 0 Å². The number of aryl methyl sites for hydroxylation is 1. The number of fused-ring (bicyclic) bond motifs is 1. The van der Waals surface area contributed by atoms with Gasteiger partial charge in [-0.3, -0.25) is 13.9 Å². The Kier molecular flexibility index (Phi) is 2.84. The van der Waals surface area contributed by atoms with Crippen LogP contribution in [0.25, 0.3) is 11.2 Å². The van der Waals surface area contributed by atoms with Crippen LogP contribution in [0, 0.1) is 0 Å². The number of hydrogen-bond donors (Lipinski definition) is 2. The molecule has 0 saturated carbocycles. The molecule has 0 aromatic carbocycles. The molecule has 0 radical (unpaired) electrons. The summed E-state index contributed by atoms with van der Waals surface area (Å²) in [5, 5.41) is 2.94. The van der Waals surface area contributed by atoms with Gasteiger partial charge in [0, 0.05) is 13.6 Å². The van der Waals surface area contributed by atoms with Gasteiger partial charge in [-0.05, 0) is 14.0 Å². The van der Waals surface area contributed by atoms with Gasteiger partial charge in [0.1, 0.15) is 11.3 Å². The molecule has 0 unspecified atom stereocenters.